The number of nitrogens with zero attached hydrogens (tertiary/aromatic N) is 4. The van der Waals surface area contributed by atoms with Crippen molar-refractivity contribution in [3.8, 4) is 11.4 Å². The van der Waals surface area contributed by atoms with E-state index in [1.54, 1.807) is 41.0 Å². The number of fused-ring (bicyclic) bond motifs is 2. The van der Waals surface area contributed by atoms with Crippen molar-refractivity contribution in [3.63, 3.8) is 0 Å². The van der Waals surface area contributed by atoms with Gasteiger partial charge in [0.1, 0.15) is 0 Å². The highest BCUT2D eigenvalue weighted by atomic mass is 32.2. The first-order valence-corrected chi connectivity index (χ1v) is 10.9. The van der Waals surface area contributed by atoms with E-state index < -0.39 is 10.0 Å². The molecule has 0 amide bonds. The molecule has 2 atom stereocenters. The average Bonchev–Trinajstić information content (AvgIpc) is 3.33. The minimum Gasteiger partial charge on any atom is -0.339 e. The van der Waals surface area contributed by atoms with Crippen LogP contribution in [0.15, 0.2) is 64.3 Å². The van der Waals surface area contributed by atoms with E-state index in [1.807, 2.05) is 18.2 Å². The summed E-state index contributed by atoms with van der Waals surface area (Å²) in [5.74, 6) is 1.19. The first-order valence-electron chi connectivity index (χ1n) is 9.45. The van der Waals surface area contributed by atoms with Crippen LogP contribution in [0.1, 0.15) is 37.5 Å². The number of pyridine rings is 1. The molecule has 2 fully saturated rings. The van der Waals surface area contributed by atoms with Crippen molar-refractivity contribution in [2.75, 3.05) is 0 Å². The second-order valence-electron chi connectivity index (χ2n) is 7.40. The zero-order chi connectivity index (χ0) is 19.1. The van der Waals surface area contributed by atoms with Crippen molar-refractivity contribution in [1.29, 1.82) is 0 Å². The lowest BCUT2D eigenvalue weighted by molar-refractivity contribution is 0.202. The maximum Gasteiger partial charge on any atom is 0.243 e. The number of hydrogen-bond donors (Lipinski definition) is 0. The van der Waals surface area contributed by atoms with Crippen LogP contribution >= 0.6 is 0 Å². The molecule has 7 nitrogen and oxygen atoms in total. The zero-order valence-corrected chi connectivity index (χ0v) is 16.0. The van der Waals surface area contributed by atoms with Crippen LogP contribution in [0.2, 0.25) is 0 Å². The topological polar surface area (TPSA) is 89.2 Å². The third-order valence-electron chi connectivity index (χ3n) is 5.70. The van der Waals surface area contributed by atoms with E-state index in [4.69, 9.17) is 4.52 Å². The molecule has 1 aromatic carbocycles. The van der Waals surface area contributed by atoms with Crippen molar-refractivity contribution in [1.82, 2.24) is 19.4 Å². The first kappa shape index (κ1) is 17.5. The van der Waals surface area contributed by atoms with Crippen LogP contribution in [-0.2, 0) is 10.0 Å². The molecule has 0 aliphatic carbocycles. The monoisotopic (exact) mass is 396 g/mol. The standard InChI is InChI=1S/C20H20N4O3S/c25-28(26,18-6-2-1-3-7-18)24-16-8-9-17(24)12-15(11-16)20-22-19(23-27-20)14-5-4-10-21-13-14/h1-7,10,13,15-17H,8-9,11-12H2. The Morgan fingerprint density at radius 1 is 1.00 bits per heavy atom. The predicted molar refractivity (Wildman–Crippen MR) is 102 cm³/mol. The van der Waals surface area contributed by atoms with Gasteiger partial charge in [-0.2, -0.15) is 9.29 Å². The minimum absolute atomic E-state index is 0.0253. The highest BCUT2D eigenvalue weighted by molar-refractivity contribution is 7.89. The van der Waals surface area contributed by atoms with Gasteiger partial charge < -0.3 is 4.52 Å². The third kappa shape index (κ3) is 2.93. The highest BCUT2D eigenvalue weighted by Gasteiger charge is 2.48. The second-order valence-corrected chi connectivity index (χ2v) is 9.24. The molecule has 2 aromatic heterocycles. The third-order valence-corrected chi connectivity index (χ3v) is 7.71. The van der Waals surface area contributed by atoms with Crippen LogP contribution in [0.3, 0.4) is 0 Å². The largest absolute Gasteiger partial charge is 0.339 e. The van der Waals surface area contributed by atoms with Gasteiger partial charge in [-0.05, 0) is 49.9 Å². The summed E-state index contributed by atoms with van der Waals surface area (Å²) in [7, 11) is -3.48. The molecular weight excluding hydrogens is 376 g/mol. The molecule has 2 bridgehead atoms. The minimum atomic E-state index is -3.48. The Balaban J connectivity index is 1.39. The van der Waals surface area contributed by atoms with Crippen molar-refractivity contribution in [3.05, 3.63) is 60.7 Å². The SMILES string of the molecule is O=S(=O)(c1ccccc1)N1C2CCC1CC(c1nc(-c3cccnc3)no1)C2. The van der Waals surface area contributed by atoms with Crippen molar-refractivity contribution in [2.45, 2.75) is 48.6 Å². The fraction of sp³-hybridized carbons (Fsp3) is 0.350. The van der Waals surface area contributed by atoms with Gasteiger partial charge >= 0.3 is 0 Å². The summed E-state index contributed by atoms with van der Waals surface area (Å²) in [6.07, 6.45) is 6.56. The van der Waals surface area contributed by atoms with Crippen LogP contribution in [0, 0.1) is 0 Å². The lowest BCUT2D eigenvalue weighted by Crippen LogP contribution is -2.45. The average molecular weight is 396 g/mol. The molecule has 3 aromatic rings. The summed E-state index contributed by atoms with van der Waals surface area (Å²) in [4.78, 5) is 9.01. The van der Waals surface area contributed by atoms with Gasteiger partial charge in [0, 0.05) is 36.0 Å². The summed E-state index contributed by atoms with van der Waals surface area (Å²) in [5, 5.41) is 4.09. The van der Waals surface area contributed by atoms with E-state index in [1.165, 1.54) is 0 Å². The van der Waals surface area contributed by atoms with E-state index in [2.05, 4.69) is 15.1 Å². The van der Waals surface area contributed by atoms with Crippen LogP contribution in [0.5, 0.6) is 0 Å². The number of aromatic nitrogens is 3. The fourth-order valence-corrected chi connectivity index (χ4v) is 6.37. The molecule has 4 heterocycles. The Labute approximate surface area is 163 Å². The number of rotatable bonds is 4. The second kappa shape index (κ2) is 6.79. The van der Waals surface area contributed by atoms with Crippen molar-refractivity contribution in [2.24, 2.45) is 0 Å². The fourth-order valence-electron chi connectivity index (χ4n) is 4.46. The summed E-state index contributed by atoms with van der Waals surface area (Å²) in [6, 6.07) is 12.4. The Kier molecular flexibility index (Phi) is 4.25. The van der Waals surface area contributed by atoms with Gasteiger partial charge in [-0.3, -0.25) is 4.98 Å². The molecule has 28 heavy (non-hydrogen) atoms. The number of sulfonamides is 1. The first-order chi connectivity index (χ1) is 13.6. The van der Waals surface area contributed by atoms with Gasteiger partial charge in [0.15, 0.2) is 0 Å². The van der Waals surface area contributed by atoms with Crippen molar-refractivity contribution >= 4 is 10.0 Å². The maximum absolute atomic E-state index is 13.1. The Morgan fingerprint density at radius 3 is 2.43 bits per heavy atom. The molecule has 2 unspecified atom stereocenters. The molecule has 144 valence electrons. The van der Waals surface area contributed by atoms with E-state index in [0.29, 0.717) is 29.5 Å². The summed E-state index contributed by atoms with van der Waals surface area (Å²) < 4.78 is 33.5. The van der Waals surface area contributed by atoms with Gasteiger partial charge in [0.2, 0.25) is 21.7 Å². The number of piperidine rings is 1. The number of benzene rings is 1. The summed E-state index contributed by atoms with van der Waals surface area (Å²) in [5.41, 5.74) is 0.810. The van der Waals surface area contributed by atoms with Crippen molar-refractivity contribution < 1.29 is 12.9 Å². The van der Waals surface area contributed by atoms with Crippen LogP contribution in [-0.4, -0.2) is 39.9 Å². The Morgan fingerprint density at radius 2 is 1.75 bits per heavy atom. The lowest BCUT2D eigenvalue weighted by atomic mass is 9.92. The van der Waals surface area contributed by atoms with Crippen LogP contribution < -0.4 is 0 Å². The zero-order valence-electron chi connectivity index (χ0n) is 15.2. The lowest BCUT2D eigenvalue weighted by Gasteiger charge is -2.36. The quantitative estimate of drug-likeness (QED) is 0.673. The maximum atomic E-state index is 13.1. The highest BCUT2D eigenvalue weighted by Crippen LogP contribution is 2.45. The molecular formula is C20H20N4O3S. The van der Waals surface area contributed by atoms with E-state index in [-0.39, 0.29) is 18.0 Å². The molecule has 2 aliphatic heterocycles. The molecule has 8 heteroatoms. The van der Waals surface area contributed by atoms with Gasteiger partial charge in [-0.15, -0.1) is 0 Å². The molecule has 0 N–H and O–H groups in total. The molecule has 0 saturated carbocycles. The molecule has 5 rings (SSSR count). The Hall–Kier alpha value is -2.58. The molecule has 2 aliphatic rings. The predicted octanol–water partition coefficient (Wildman–Crippen LogP) is 3.23. The van der Waals surface area contributed by atoms with Gasteiger partial charge in [-0.25, -0.2) is 8.42 Å². The number of hydrogen-bond acceptors (Lipinski definition) is 6. The van der Waals surface area contributed by atoms with E-state index in [9.17, 15) is 8.42 Å². The summed E-state index contributed by atoms with van der Waals surface area (Å²) >= 11 is 0. The van der Waals surface area contributed by atoms with Crippen LogP contribution in [0.4, 0.5) is 0 Å². The van der Waals surface area contributed by atoms with Crippen LogP contribution in [0.25, 0.3) is 11.4 Å². The van der Waals surface area contributed by atoms with Gasteiger partial charge in [-0.1, -0.05) is 23.4 Å². The molecule has 0 radical (unpaired) electrons. The summed E-state index contributed by atoms with van der Waals surface area (Å²) in [6.45, 7) is 0. The smallest absolute Gasteiger partial charge is 0.243 e. The van der Waals surface area contributed by atoms with Gasteiger partial charge in [0.05, 0.1) is 4.90 Å². The normalized spacial score (nSPS) is 25.1. The van der Waals surface area contributed by atoms with Gasteiger partial charge in [0.25, 0.3) is 0 Å². The molecule has 0 spiro atoms. The Bertz CT molecular complexity index is 1060. The van der Waals surface area contributed by atoms with E-state index in [0.717, 1.165) is 18.4 Å². The van der Waals surface area contributed by atoms with E-state index >= 15 is 0 Å². The molecule has 2 saturated heterocycles.